The van der Waals surface area contributed by atoms with Gasteiger partial charge in [0, 0.05) is 25.3 Å². The SMILES string of the molecule is COP(=O)(OC)C(NC1CCCCC1)c1ccc(Cl)cc1. The van der Waals surface area contributed by atoms with Crippen LogP contribution < -0.4 is 5.32 Å². The molecule has 1 saturated carbocycles. The highest BCUT2D eigenvalue weighted by molar-refractivity contribution is 7.54. The van der Waals surface area contributed by atoms with Crippen molar-refractivity contribution in [1.82, 2.24) is 5.32 Å². The third-order valence-corrected chi connectivity index (χ3v) is 6.36. The molecule has 1 aromatic rings. The lowest BCUT2D eigenvalue weighted by atomic mass is 9.95. The van der Waals surface area contributed by atoms with Gasteiger partial charge in [-0.1, -0.05) is 43.0 Å². The van der Waals surface area contributed by atoms with Crippen LogP contribution in [-0.4, -0.2) is 20.3 Å². The first-order valence-electron chi connectivity index (χ1n) is 7.32. The summed E-state index contributed by atoms with van der Waals surface area (Å²) in [5, 5.41) is 4.13. The molecule has 1 aliphatic carbocycles. The summed E-state index contributed by atoms with van der Waals surface area (Å²) < 4.78 is 23.3. The summed E-state index contributed by atoms with van der Waals surface area (Å²) >= 11 is 5.94. The zero-order chi connectivity index (χ0) is 15.3. The van der Waals surface area contributed by atoms with Crippen molar-refractivity contribution >= 4 is 19.2 Å². The van der Waals surface area contributed by atoms with E-state index in [0.717, 1.165) is 18.4 Å². The van der Waals surface area contributed by atoms with E-state index in [-0.39, 0.29) is 0 Å². The van der Waals surface area contributed by atoms with Crippen LogP contribution in [0.15, 0.2) is 24.3 Å². The molecule has 0 saturated heterocycles. The van der Waals surface area contributed by atoms with Crippen LogP contribution >= 0.6 is 19.2 Å². The standard InChI is InChI=1S/C15H23ClNO3P/c1-19-21(18,20-2)15(12-8-10-13(16)11-9-12)17-14-6-4-3-5-7-14/h8-11,14-15,17H,3-7H2,1-2H3. The van der Waals surface area contributed by atoms with E-state index in [1.54, 1.807) is 12.1 Å². The molecule has 1 aliphatic rings. The second kappa shape index (κ2) is 7.75. The first kappa shape index (κ1) is 17.0. The lowest BCUT2D eigenvalue weighted by molar-refractivity contribution is 0.249. The van der Waals surface area contributed by atoms with E-state index in [9.17, 15) is 4.57 Å². The Morgan fingerprint density at radius 2 is 1.71 bits per heavy atom. The van der Waals surface area contributed by atoms with Gasteiger partial charge < -0.3 is 9.05 Å². The summed E-state index contributed by atoms with van der Waals surface area (Å²) in [6.07, 6.45) is 5.87. The monoisotopic (exact) mass is 331 g/mol. The van der Waals surface area contributed by atoms with E-state index >= 15 is 0 Å². The van der Waals surface area contributed by atoms with E-state index in [2.05, 4.69) is 5.32 Å². The molecule has 0 aliphatic heterocycles. The van der Waals surface area contributed by atoms with Gasteiger partial charge in [0.05, 0.1) is 0 Å². The summed E-state index contributed by atoms with van der Waals surface area (Å²) in [6, 6.07) is 7.67. The zero-order valence-corrected chi connectivity index (χ0v) is 14.2. The van der Waals surface area contributed by atoms with Crippen LogP contribution in [0, 0.1) is 0 Å². The predicted molar refractivity (Wildman–Crippen MR) is 85.8 cm³/mol. The predicted octanol–water partition coefficient (Wildman–Crippen LogP) is 4.75. The average Bonchev–Trinajstić information content (AvgIpc) is 2.54. The molecule has 1 aromatic carbocycles. The Hall–Kier alpha value is -0.380. The highest BCUT2D eigenvalue weighted by atomic mass is 35.5. The minimum absolute atomic E-state index is 0.345. The number of halogens is 1. The van der Waals surface area contributed by atoms with Crippen molar-refractivity contribution in [3.05, 3.63) is 34.9 Å². The van der Waals surface area contributed by atoms with Gasteiger partial charge in [0.2, 0.25) is 0 Å². The molecule has 1 N–H and O–H groups in total. The van der Waals surface area contributed by atoms with E-state index in [4.69, 9.17) is 20.6 Å². The Balaban J connectivity index is 2.25. The van der Waals surface area contributed by atoms with Gasteiger partial charge in [-0.05, 0) is 30.5 Å². The molecule has 118 valence electrons. The van der Waals surface area contributed by atoms with Gasteiger partial charge in [-0.3, -0.25) is 9.88 Å². The van der Waals surface area contributed by atoms with Crippen LogP contribution in [0.25, 0.3) is 0 Å². The topological polar surface area (TPSA) is 47.6 Å². The summed E-state index contributed by atoms with van der Waals surface area (Å²) in [5.74, 6) is -0.465. The molecule has 21 heavy (non-hydrogen) atoms. The number of benzene rings is 1. The van der Waals surface area contributed by atoms with Crippen LogP contribution in [0.4, 0.5) is 0 Å². The number of hydrogen-bond donors (Lipinski definition) is 1. The molecule has 4 nitrogen and oxygen atoms in total. The van der Waals surface area contributed by atoms with Crippen molar-refractivity contribution in [3.63, 3.8) is 0 Å². The molecule has 0 heterocycles. The molecule has 1 unspecified atom stereocenters. The average molecular weight is 332 g/mol. The maximum absolute atomic E-state index is 12.9. The third kappa shape index (κ3) is 4.30. The second-order valence-electron chi connectivity index (χ2n) is 5.36. The van der Waals surface area contributed by atoms with E-state index in [1.165, 1.54) is 33.5 Å². The number of rotatable bonds is 6. The number of nitrogens with one attached hydrogen (secondary N) is 1. The van der Waals surface area contributed by atoms with E-state index in [0.29, 0.717) is 11.1 Å². The van der Waals surface area contributed by atoms with Crippen molar-refractivity contribution in [3.8, 4) is 0 Å². The maximum atomic E-state index is 12.9. The Bertz CT molecular complexity index is 480. The van der Waals surface area contributed by atoms with Crippen LogP contribution in [0.3, 0.4) is 0 Å². The molecule has 0 bridgehead atoms. The molecule has 1 atom stereocenters. The van der Waals surface area contributed by atoms with Crippen LogP contribution in [-0.2, 0) is 13.6 Å². The van der Waals surface area contributed by atoms with Gasteiger partial charge in [-0.25, -0.2) is 0 Å². The fourth-order valence-electron chi connectivity index (χ4n) is 2.79. The Kier molecular flexibility index (Phi) is 6.27. The lowest BCUT2D eigenvalue weighted by Crippen LogP contribution is -2.34. The largest absolute Gasteiger partial charge is 0.351 e. The van der Waals surface area contributed by atoms with Crippen molar-refractivity contribution in [2.75, 3.05) is 14.2 Å². The molecule has 0 amide bonds. The first-order valence-corrected chi connectivity index (χ1v) is 9.31. The molecule has 0 aromatic heterocycles. The first-order chi connectivity index (χ1) is 10.1. The van der Waals surface area contributed by atoms with Crippen molar-refractivity contribution in [2.45, 2.75) is 43.9 Å². The lowest BCUT2D eigenvalue weighted by Gasteiger charge is -2.31. The maximum Gasteiger partial charge on any atom is 0.351 e. The van der Waals surface area contributed by atoms with Crippen molar-refractivity contribution in [2.24, 2.45) is 0 Å². The summed E-state index contributed by atoms with van der Waals surface area (Å²) in [7, 11) is -0.396. The minimum atomic E-state index is -3.25. The molecular formula is C15H23ClNO3P. The summed E-state index contributed by atoms with van der Waals surface area (Å²) in [5.41, 5.74) is 0.872. The Labute approximate surface area is 131 Å². The normalized spacial score (nSPS) is 18.6. The minimum Gasteiger partial charge on any atom is -0.311 e. The third-order valence-electron chi connectivity index (χ3n) is 4.01. The zero-order valence-electron chi connectivity index (χ0n) is 12.5. The highest BCUT2D eigenvalue weighted by Gasteiger charge is 2.37. The Morgan fingerprint density at radius 3 is 2.24 bits per heavy atom. The molecule has 6 heteroatoms. The van der Waals surface area contributed by atoms with Gasteiger partial charge in [0.1, 0.15) is 5.78 Å². The molecular weight excluding hydrogens is 309 g/mol. The number of hydrogen-bond acceptors (Lipinski definition) is 4. The highest BCUT2D eigenvalue weighted by Crippen LogP contribution is 2.58. The van der Waals surface area contributed by atoms with E-state index in [1.807, 2.05) is 12.1 Å². The van der Waals surface area contributed by atoms with Crippen LogP contribution in [0.2, 0.25) is 5.02 Å². The van der Waals surface area contributed by atoms with Gasteiger partial charge in [-0.15, -0.1) is 0 Å². The van der Waals surface area contributed by atoms with Crippen molar-refractivity contribution < 1.29 is 13.6 Å². The van der Waals surface area contributed by atoms with Gasteiger partial charge in [0.25, 0.3) is 0 Å². The smallest absolute Gasteiger partial charge is 0.311 e. The summed E-state index contributed by atoms with van der Waals surface area (Å²) in [4.78, 5) is 0. The molecule has 0 spiro atoms. The van der Waals surface area contributed by atoms with Gasteiger partial charge in [0.15, 0.2) is 0 Å². The van der Waals surface area contributed by atoms with Crippen molar-refractivity contribution in [1.29, 1.82) is 0 Å². The second-order valence-corrected chi connectivity index (χ2v) is 8.12. The fourth-order valence-corrected chi connectivity index (χ4v) is 4.42. The van der Waals surface area contributed by atoms with Crippen LogP contribution in [0.1, 0.15) is 43.5 Å². The quantitative estimate of drug-likeness (QED) is 0.764. The molecule has 1 fully saturated rings. The Morgan fingerprint density at radius 1 is 1.14 bits per heavy atom. The fraction of sp³-hybridized carbons (Fsp3) is 0.600. The molecule has 2 rings (SSSR count). The van der Waals surface area contributed by atoms with E-state index < -0.39 is 13.4 Å². The van der Waals surface area contributed by atoms with Crippen LogP contribution in [0.5, 0.6) is 0 Å². The van der Waals surface area contributed by atoms with Gasteiger partial charge in [-0.2, -0.15) is 0 Å². The molecule has 0 radical (unpaired) electrons. The summed E-state index contributed by atoms with van der Waals surface area (Å²) in [6.45, 7) is 0. The van der Waals surface area contributed by atoms with Gasteiger partial charge >= 0.3 is 7.60 Å².